The number of halogens is 1. The number of amides is 1. The number of likely N-dealkylation sites (tertiary alicyclic amines) is 1. The molecule has 0 bridgehead atoms. The van der Waals surface area contributed by atoms with E-state index in [1.54, 1.807) is 4.90 Å². The molecular weight excluding hydrogens is 256 g/mol. The van der Waals surface area contributed by atoms with E-state index in [4.69, 9.17) is 11.6 Å². The van der Waals surface area contributed by atoms with Gasteiger partial charge in [-0.1, -0.05) is 0 Å². The van der Waals surface area contributed by atoms with Crippen molar-refractivity contribution in [2.45, 2.75) is 18.2 Å². The van der Waals surface area contributed by atoms with E-state index in [0.29, 0.717) is 18.7 Å². The van der Waals surface area contributed by atoms with Crippen molar-refractivity contribution in [1.29, 1.82) is 0 Å². The molecule has 0 radical (unpaired) electrons. The Morgan fingerprint density at radius 1 is 1.39 bits per heavy atom. The van der Waals surface area contributed by atoms with Gasteiger partial charge in [-0.25, -0.2) is 0 Å². The molecule has 2 rings (SSSR count). The predicted octanol–water partition coefficient (Wildman–Crippen LogP) is 2.44. The number of nitrogens with zero attached hydrogens (tertiary/aromatic N) is 2. The Kier molecular flexibility index (Phi) is 3.81. The third kappa shape index (κ3) is 2.79. The van der Waals surface area contributed by atoms with Crippen LogP contribution in [-0.4, -0.2) is 34.2 Å². The lowest BCUT2D eigenvalue weighted by Gasteiger charge is -2.29. The smallest absolute Gasteiger partial charge is 0.269 e. The topological polar surface area (TPSA) is 63.4 Å². The Hall–Kier alpha value is -1.62. The number of alkyl halides is 1. The molecule has 18 heavy (non-hydrogen) atoms. The molecule has 1 aliphatic heterocycles. The van der Waals surface area contributed by atoms with Gasteiger partial charge in [-0.2, -0.15) is 0 Å². The van der Waals surface area contributed by atoms with Crippen LogP contribution in [-0.2, 0) is 0 Å². The van der Waals surface area contributed by atoms with Gasteiger partial charge < -0.3 is 4.90 Å². The first-order valence-electron chi connectivity index (χ1n) is 5.76. The highest BCUT2D eigenvalue weighted by Gasteiger charge is 2.23. The quantitative estimate of drug-likeness (QED) is 0.470. The zero-order valence-electron chi connectivity index (χ0n) is 9.71. The summed E-state index contributed by atoms with van der Waals surface area (Å²) >= 11 is 6.03. The second-order valence-corrected chi connectivity index (χ2v) is 4.91. The van der Waals surface area contributed by atoms with Crippen LogP contribution < -0.4 is 0 Å². The van der Waals surface area contributed by atoms with Crippen LogP contribution in [0.4, 0.5) is 5.69 Å². The summed E-state index contributed by atoms with van der Waals surface area (Å²) in [6.45, 7) is 1.23. The number of carbonyl (C=O) groups excluding carboxylic acids is 1. The number of hydrogen-bond donors (Lipinski definition) is 0. The Morgan fingerprint density at radius 3 is 2.61 bits per heavy atom. The summed E-state index contributed by atoms with van der Waals surface area (Å²) < 4.78 is 0. The number of hydrogen-bond acceptors (Lipinski definition) is 3. The van der Waals surface area contributed by atoms with Crippen molar-refractivity contribution in [3.8, 4) is 0 Å². The highest BCUT2D eigenvalue weighted by molar-refractivity contribution is 6.21. The normalized spacial score (nSPS) is 19.6. The largest absolute Gasteiger partial charge is 0.337 e. The molecule has 1 fully saturated rings. The summed E-state index contributed by atoms with van der Waals surface area (Å²) in [6, 6.07) is 5.65. The summed E-state index contributed by atoms with van der Waals surface area (Å²) in [5, 5.41) is 10.5. The molecule has 0 saturated carbocycles. The van der Waals surface area contributed by atoms with Crippen LogP contribution in [0, 0.1) is 10.1 Å². The van der Waals surface area contributed by atoms with Gasteiger partial charge in [0.05, 0.1) is 10.3 Å². The summed E-state index contributed by atoms with van der Waals surface area (Å²) in [5.74, 6) is -0.116. The van der Waals surface area contributed by atoms with Gasteiger partial charge in [0.15, 0.2) is 0 Å². The minimum atomic E-state index is -0.482. The average molecular weight is 269 g/mol. The average Bonchev–Trinajstić information content (AvgIpc) is 2.38. The Morgan fingerprint density at radius 2 is 2.06 bits per heavy atom. The van der Waals surface area contributed by atoms with E-state index in [9.17, 15) is 14.9 Å². The van der Waals surface area contributed by atoms with Crippen molar-refractivity contribution < 1.29 is 9.72 Å². The monoisotopic (exact) mass is 268 g/mol. The lowest BCUT2D eigenvalue weighted by Crippen LogP contribution is -2.40. The molecule has 96 valence electrons. The number of rotatable bonds is 2. The highest BCUT2D eigenvalue weighted by Crippen LogP contribution is 2.19. The lowest BCUT2D eigenvalue weighted by molar-refractivity contribution is -0.384. The Bertz CT molecular complexity index is 461. The van der Waals surface area contributed by atoms with E-state index in [0.717, 1.165) is 12.8 Å². The van der Waals surface area contributed by atoms with Crippen molar-refractivity contribution in [2.75, 3.05) is 13.1 Å². The fraction of sp³-hybridized carbons (Fsp3) is 0.417. The van der Waals surface area contributed by atoms with Gasteiger partial charge in [-0.15, -0.1) is 11.6 Å². The van der Waals surface area contributed by atoms with E-state index in [-0.39, 0.29) is 17.0 Å². The number of carbonyl (C=O) groups is 1. The maximum absolute atomic E-state index is 12.1. The highest BCUT2D eigenvalue weighted by atomic mass is 35.5. The molecule has 0 N–H and O–H groups in total. The lowest BCUT2D eigenvalue weighted by atomic mass is 10.1. The summed E-state index contributed by atoms with van der Waals surface area (Å²) in [4.78, 5) is 23.9. The van der Waals surface area contributed by atoms with Crippen LogP contribution in [0.25, 0.3) is 0 Å². The molecule has 1 aromatic carbocycles. The van der Waals surface area contributed by atoms with Crippen LogP contribution in [0.1, 0.15) is 23.2 Å². The molecule has 5 nitrogen and oxygen atoms in total. The van der Waals surface area contributed by atoms with Gasteiger partial charge in [0.25, 0.3) is 11.6 Å². The van der Waals surface area contributed by atoms with Gasteiger partial charge in [-0.3, -0.25) is 14.9 Å². The number of nitro groups is 1. The van der Waals surface area contributed by atoms with Crippen molar-refractivity contribution in [3.05, 3.63) is 39.9 Å². The molecule has 1 aromatic rings. The first-order chi connectivity index (χ1) is 8.58. The summed E-state index contributed by atoms with van der Waals surface area (Å²) in [6.07, 6.45) is 1.82. The number of non-ortho nitro benzene ring substituents is 1. The molecule has 1 saturated heterocycles. The van der Waals surface area contributed by atoms with Gasteiger partial charge in [0, 0.05) is 30.8 Å². The Labute approximate surface area is 109 Å². The number of benzene rings is 1. The summed E-state index contributed by atoms with van der Waals surface area (Å²) in [5.41, 5.74) is 0.451. The molecule has 0 spiro atoms. The molecule has 1 aliphatic rings. The van der Waals surface area contributed by atoms with Crippen LogP contribution in [0.15, 0.2) is 24.3 Å². The van der Waals surface area contributed by atoms with E-state index in [1.165, 1.54) is 24.3 Å². The molecule has 0 aliphatic carbocycles. The fourth-order valence-electron chi connectivity index (χ4n) is 2.02. The van der Waals surface area contributed by atoms with Crippen LogP contribution >= 0.6 is 11.6 Å². The van der Waals surface area contributed by atoms with E-state index in [1.807, 2.05) is 0 Å². The van der Waals surface area contributed by atoms with E-state index >= 15 is 0 Å². The summed E-state index contributed by atoms with van der Waals surface area (Å²) in [7, 11) is 0. The number of nitro benzene ring substituents is 1. The molecule has 1 amide bonds. The second-order valence-electron chi connectivity index (χ2n) is 4.29. The van der Waals surface area contributed by atoms with Crippen LogP contribution in [0.5, 0.6) is 0 Å². The van der Waals surface area contributed by atoms with E-state index in [2.05, 4.69) is 0 Å². The second kappa shape index (κ2) is 5.35. The molecule has 0 aromatic heterocycles. The minimum absolute atomic E-state index is 0.000693. The standard InChI is InChI=1S/C12H13ClN2O3/c13-10-2-1-7-14(8-10)12(16)9-3-5-11(6-4-9)15(17)18/h3-6,10H,1-2,7-8H2. The third-order valence-corrected chi connectivity index (χ3v) is 3.33. The Balaban J connectivity index is 2.10. The van der Waals surface area contributed by atoms with Crippen LogP contribution in [0.3, 0.4) is 0 Å². The van der Waals surface area contributed by atoms with Gasteiger partial charge in [0.1, 0.15) is 0 Å². The van der Waals surface area contributed by atoms with Crippen molar-refractivity contribution in [1.82, 2.24) is 4.90 Å². The third-order valence-electron chi connectivity index (χ3n) is 2.98. The SMILES string of the molecule is O=C(c1ccc([N+](=O)[O-])cc1)N1CCCC(Cl)C1. The fourth-order valence-corrected chi connectivity index (χ4v) is 2.34. The zero-order chi connectivity index (χ0) is 13.1. The molecule has 6 heteroatoms. The predicted molar refractivity (Wildman–Crippen MR) is 67.9 cm³/mol. The van der Waals surface area contributed by atoms with Crippen molar-refractivity contribution in [3.63, 3.8) is 0 Å². The van der Waals surface area contributed by atoms with Crippen molar-refractivity contribution in [2.24, 2.45) is 0 Å². The molecular formula is C12H13ClN2O3. The van der Waals surface area contributed by atoms with Gasteiger partial charge in [0.2, 0.25) is 0 Å². The molecule has 1 heterocycles. The maximum Gasteiger partial charge on any atom is 0.269 e. The first-order valence-corrected chi connectivity index (χ1v) is 6.19. The van der Waals surface area contributed by atoms with Gasteiger partial charge >= 0.3 is 0 Å². The van der Waals surface area contributed by atoms with Gasteiger partial charge in [-0.05, 0) is 25.0 Å². The van der Waals surface area contributed by atoms with Crippen molar-refractivity contribution >= 4 is 23.2 Å². The first kappa shape index (κ1) is 12.8. The maximum atomic E-state index is 12.1. The molecule has 1 unspecified atom stereocenters. The zero-order valence-corrected chi connectivity index (χ0v) is 10.5. The number of piperidine rings is 1. The molecule has 1 atom stereocenters. The van der Waals surface area contributed by atoms with Crippen LogP contribution in [0.2, 0.25) is 0 Å². The van der Waals surface area contributed by atoms with E-state index < -0.39 is 4.92 Å². The minimum Gasteiger partial charge on any atom is -0.337 e.